The first-order valence-corrected chi connectivity index (χ1v) is 6.50. The van der Waals surface area contributed by atoms with Crippen molar-refractivity contribution in [3.8, 4) is 0 Å². The number of benzene rings is 1. The molecule has 90 valence electrons. The van der Waals surface area contributed by atoms with Gasteiger partial charge in [0.15, 0.2) is 0 Å². The fraction of sp³-hybridized carbons (Fsp3) is 0.538. The molecule has 1 rings (SSSR count). The highest BCUT2D eigenvalue weighted by Gasteiger charge is 2.11. The first-order chi connectivity index (χ1) is 7.58. The third kappa shape index (κ3) is 3.58. The van der Waals surface area contributed by atoms with Crippen LogP contribution in [0.5, 0.6) is 0 Å². The van der Waals surface area contributed by atoms with Gasteiger partial charge in [-0.1, -0.05) is 35.0 Å². The molecule has 2 unspecified atom stereocenters. The van der Waals surface area contributed by atoms with Gasteiger partial charge in [0.1, 0.15) is 0 Å². The van der Waals surface area contributed by atoms with Crippen molar-refractivity contribution >= 4 is 15.9 Å². The monoisotopic (exact) mass is 285 g/mol. The van der Waals surface area contributed by atoms with Crippen LogP contribution in [0.2, 0.25) is 0 Å². The van der Waals surface area contributed by atoms with E-state index in [0.29, 0.717) is 0 Å². The van der Waals surface area contributed by atoms with Crippen LogP contribution < -0.4 is 5.32 Å². The van der Waals surface area contributed by atoms with Gasteiger partial charge in [-0.25, -0.2) is 0 Å². The van der Waals surface area contributed by atoms with Crippen LogP contribution in [0.1, 0.15) is 37.4 Å². The van der Waals surface area contributed by atoms with Gasteiger partial charge < -0.3 is 10.4 Å². The maximum absolute atomic E-state index is 9.15. The van der Waals surface area contributed by atoms with Crippen LogP contribution in [0.4, 0.5) is 0 Å². The van der Waals surface area contributed by atoms with E-state index in [1.54, 1.807) is 0 Å². The number of aliphatic hydroxyl groups is 1. The number of aryl methyl sites for hydroxylation is 1. The number of hydrogen-bond donors (Lipinski definition) is 2. The second-order valence-corrected chi connectivity index (χ2v) is 5.04. The number of halogens is 1. The molecular weight excluding hydrogens is 266 g/mol. The number of rotatable bonds is 5. The van der Waals surface area contributed by atoms with E-state index in [1.807, 2.05) is 0 Å². The van der Waals surface area contributed by atoms with E-state index in [1.165, 1.54) is 11.1 Å². The Bertz CT molecular complexity index is 337. The van der Waals surface area contributed by atoms with Gasteiger partial charge >= 0.3 is 0 Å². The van der Waals surface area contributed by atoms with Crippen LogP contribution in [0.3, 0.4) is 0 Å². The SMILES string of the molecule is CCC(CO)NC(C)c1ccc(Br)c(C)c1. The predicted octanol–water partition coefficient (Wildman–Crippen LogP) is 3.18. The van der Waals surface area contributed by atoms with Gasteiger partial charge in [-0.05, 0) is 37.5 Å². The zero-order chi connectivity index (χ0) is 12.1. The van der Waals surface area contributed by atoms with Gasteiger partial charge in [0.25, 0.3) is 0 Å². The molecule has 16 heavy (non-hydrogen) atoms. The average molecular weight is 286 g/mol. The molecule has 0 saturated heterocycles. The quantitative estimate of drug-likeness (QED) is 0.871. The lowest BCUT2D eigenvalue weighted by Crippen LogP contribution is -2.33. The van der Waals surface area contributed by atoms with E-state index in [0.717, 1.165) is 10.9 Å². The van der Waals surface area contributed by atoms with Crippen LogP contribution >= 0.6 is 15.9 Å². The summed E-state index contributed by atoms with van der Waals surface area (Å²) in [7, 11) is 0. The molecule has 3 heteroatoms. The van der Waals surface area contributed by atoms with Crippen LogP contribution in [0.25, 0.3) is 0 Å². The maximum Gasteiger partial charge on any atom is 0.0584 e. The molecular formula is C13H20BrNO. The summed E-state index contributed by atoms with van der Waals surface area (Å²) in [6.07, 6.45) is 0.941. The average Bonchev–Trinajstić information content (AvgIpc) is 2.29. The summed E-state index contributed by atoms with van der Waals surface area (Å²) >= 11 is 3.50. The molecule has 0 aliphatic carbocycles. The van der Waals surface area contributed by atoms with E-state index < -0.39 is 0 Å². The molecule has 0 aliphatic heterocycles. The van der Waals surface area contributed by atoms with Gasteiger partial charge in [0, 0.05) is 16.6 Å². The molecule has 0 saturated carbocycles. The molecule has 0 bridgehead atoms. The van der Waals surface area contributed by atoms with Crippen molar-refractivity contribution < 1.29 is 5.11 Å². The Morgan fingerprint density at radius 2 is 2.12 bits per heavy atom. The lowest BCUT2D eigenvalue weighted by molar-refractivity contribution is 0.230. The van der Waals surface area contributed by atoms with E-state index >= 15 is 0 Å². The molecule has 2 N–H and O–H groups in total. The summed E-state index contributed by atoms with van der Waals surface area (Å²) in [5.41, 5.74) is 2.50. The maximum atomic E-state index is 9.15. The molecule has 1 aromatic rings. The topological polar surface area (TPSA) is 32.3 Å². The third-order valence-electron chi connectivity index (χ3n) is 2.88. The van der Waals surface area contributed by atoms with Gasteiger partial charge in [-0.2, -0.15) is 0 Å². The van der Waals surface area contributed by atoms with E-state index in [2.05, 4.69) is 60.2 Å². The summed E-state index contributed by atoms with van der Waals surface area (Å²) in [6, 6.07) is 6.80. The molecule has 1 aromatic carbocycles. The van der Waals surface area contributed by atoms with Crippen molar-refractivity contribution in [1.82, 2.24) is 5.32 Å². The third-order valence-corrected chi connectivity index (χ3v) is 3.77. The molecule has 0 aliphatic rings. The molecule has 2 atom stereocenters. The lowest BCUT2D eigenvalue weighted by Gasteiger charge is -2.21. The molecule has 0 heterocycles. The number of hydrogen-bond acceptors (Lipinski definition) is 2. The Labute approximate surface area is 106 Å². The van der Waals surface area contributed by atoms with Crippen molar-refractivity contribution in [3.05, 3.63) is 33.8 Å². The molecule has 2 nitrogen and oxygen atoms in total. The first-order valence-electron chi connectivity index (χ1n) is 5.71. The van der Waals surface area contributed by atoms with Crippen molar-refractivity contribution in [2.24, 2.45) is 0 Å². The van der Waals surface area contributed by atoms with Crippen molar-refractivity contribution in [3.63, 3.8) is 0 Å². The van der Waals surface area contributed by atoms with Gasteiger partial charge in [-0.15, -0.1) is 0 Å². The fourth-order valence-electron chi connectivity index (χ4n) is 1.69. The standard InChI is InChI=1S/C13H20BrNO/c1-4-12(8-16)15-10(3)11-5-6-13(14)9(2)7-11/h5-7,10,12,15-16H,4,8H2,1-3H3. The minimum Gasteiger partial charge on any atom is -0.395 e. The van der Waals surface area contributed by atoms with E-state index in [9.17, 15) is 0 Å². The Morgan fingerprint density at radius 3 is 2.62 bits per heavy atom. The summed E-state index contributed by atoms with van der Waals surface area (Å²) in [5, 5.41) is 12.6. The molecule has 0 radical (unpaired) electrons. The summed E-state index contributed by atoms with van der Waals surface area (Å²) in [5.74, 6) is 0. The summed E-state index contributed by atoms with van der Waals surface area (Å²) in [4.78, 5) is 0. The Kier molecular flexibility index (Phi) is 5.46. The first kappa shape index (κ1) is 13.7. The van der Waals surface area contributed by atoms with Crippen LogP contribution in [0, 0.1) is 6.92 Å². The minimum absolute atomic E-state index is 0.180. The smallest absolute Gasteiger partial charge is 0.0584 e. The van der Waals surface area contributed by atoms with Gasteiger partial charge in [0.05, 0.1) is 6.61 Å². The zero-order valence-corrected chi connectivity index (χ0v) is 11.7. The Morgan fingerprint density at radius 1 is 1.44 bits per heavy atom. The summed E-state index contributed by atoms with van der Waals surface area (Å²) in [6.45, 7) is 6.48. The fourth-order valence-corrected chi connectivity index (χ4v) is 1.93. The van der Waals surface area contributed by atoms with E-state index in [4.69, 9.17) is 5.11 Å². The largest absolute Gasteiger partial charge is 0.395 e. The highest BCUT2D eigenvalue weighted by Crippen LogP contribution is 2.21. The molecule has 0 spiro atoms. The van der Waals surface area contributed by atoms with Crippen molar-refractivity contribution in [2.45, 2.75) is 39.3 Å². The number of nitrogens with one attached hydrogen (secondary N) is 1. The van der Waals surface area contributed by atoms with Gasteiger partial charge in [-0.3, -0.25) is 0 Å². The lowest BCUT2D eigenvalue weighted by atomic mass is 10.0. The van der Waals surface area contributed by atoms with Crippen LogP contribution in [-0.4, -0.2) is 17.8 Å². The summed E-state index contributed by atoms with van der Waals surface area (Å²) < 4.78 is 1.14. The van der Waals surface area contributed by atoms with Crippen LogP contribution in [-0.2, 0) is 0 Å². The highest BCUT2D eigenvalue weighted by atomic mass is 79.9. The zero-order valence-electron chi connectivity index (χ0n) is 10.1. The second kappa shape index (κ2) is 6.38. The Hall–Kier alpha value is -0.380. The highest BCUT2D eigenvalue weighted by molar-refractivity contribution is 9.10. The minimum atomic E-state index is 0.180. The molecule has 0 fully saturated rings. The second-order valence-electron chi connectivity index (χ2n) is 4.18. The van der Waals surface area contributed by atoms with Crippen molar-refractivity contribution in [2.75, 3.05) is 6.61 Å². The molecule has 0 aromatic heterocycles. The normalized spacial score (nSPS) is 14.8. The predicted molar refractivity (Wildman–Crippen MR) is 71.6 cm³/mol. The molecule has 0 amide bonds. The van der Waals surface area contributed by atoms with Gasteiger partial charge in [0.2, 0.25) is 0 Å². The van der Waals surface area contributed by atoms with E-state index in [-0.39, 0.29) is 18.7 Å². The van der Waals surface area contributed by atoms with Crippen molar-refractivity contribution in [1.29, 1.82) is 0 Å². The Balaban J connectivity index is 2.72. The number of aliphatic hydroxyl groups excluding tert-OH is 1. The van der Waals surface area contributed by atoms with Crippen LogP contribution in [0.15, 0.2) is 22.7 Å².